The molecule has 1 saturated carbocycles. The maximum Gasteiger partial charge on any atom is 0.338 e. The Morgan fingerprint density at radius 3 is 2.31 bits per heavy atom. The van der Waals surface area contributed by atoms with Crippen LogP contribution in [0.2, 0.25) is 0 Å². The molecule has 0 aromatic carbocycles. The van der Waals surface area contributed by atoms with Crippen LogP contribution in [0, 0.1) is 5.92 Å². The summed E-state index contributed by atoms with van der Waals surface area (Å²) in [5, 5.41) is 8.74. The first-order valence-corrected chi connectivity index (χ1v) is 5.72. The molecule has 0 unspecified atom stereocenters. The summed E-state index contributed by atoms with van der Waals surface area (Å²) in [7, 11) is 0. The van der Waals surface area contributed by atoms with Crippen LogP contribution in [-0.2, 0) is 0 Å². The first-order chi connectivity index (χ1) is 7.66. The van der Waals surface area contributed by atoms with E-state index >= 15 is 0 Å². The Morgan fingerprint density at radius 1 is 1.25 bits per heavy atom. The molecular weight excluding hydrogens is 204 g/mol. The number of carboxylic acids is 1. The van der Waals surface area contributed by atoms with Crippen molar-refractivity contribution in [3.63, 3.8) is 0 Å². The fourth-order valence-corrected chi connectivity index (χ4v) is 2.18. The molecule has 4 nitrogen and oxygen atoms in total. The van der Waals surface area contributed by atoms with Crippen molar-refractivity contribution in [3.8, 4) is 0 Å². The molecule has 1 aliphatic carbocycles. The molecule has 2 rings (SSSR count). The fourth-order valence-electron chi connectivity index (χ4n) is 2.18. The second-order valence-electron chi connectivity index (χ2n) is 4.59. The van der Waals surface area contributed by atoms with E-state index in [0.29, 0.717) is 5.92 Å². The predicted molar refractivity (Wildman–Crippen MR) is 59.4 cm³/mol. The number of nitrogens with zero attached hydrogens (tertiary/aromatic N) is 2. The average Bonchev–Trinajstić information content (AvgIpc) is 2.30. The zero-order chi connectivity index (χ0) is 11.5. The van der Waals surface area contributed by atoms with Gasteiger partial charge < -0.3 is 5.11 Å². The van der Waals surface area contributed by atoms with Crippen LogP contribution in [0.25, 0.3) is 0 Å². The smallest absolute Gasteiger partial charge is 0.338 e. The Morgan fingerprint density at radius 2 is 1.81 bits per heavy atom. The van der Waals surface area contributed by atoms with Crippen molar-refractivity contribution in [2.24, 2.45) is 5.92 Å². The highest BCUT2D eigenvalue weighted by atomic mass is 16.4. The number of aromatic nitrogens is 2. The van der Waals surface area contributed by atoms with E-state index in [-0.39, 0.29) is 5.56 Å². The highest BCUT2D eigenvalue weighted by Crippen LogP contribution is 2.33. The van der Waals surface area contributed by atoms with Crippen molar-refractivity contribution in [3.05, 3.63) is 23.8 Å². The number of aromatic carboxylic acids is 1. The van der Waals surface area contributed by atoms with Gasteiger partial charge in [0.15, 0.2) is 0 Å². The summed E-state index contributed by atoms with van der Waals surface area (Å²) in [4.78, 5) is 19.0. The molecule has 1 heterocycles. The van der Waals surface area contributed by atoms with E-state index in [2.05, 4.69) is 16.9 Å². The molecule has 0 saturated heterocycles. The summed E-state index contributed by atoms with van der Waals surface area (Å²) in [6.45, 7) is 2.27. The first-order valence-electron chi connectivity index (χ1n) is 5.72. The molecule has 0 bridgehead atoms. The third-order valence-electron chi connectivity index (χ3n) is 3.30. The third-order valence-corrected chi connectivity index (χ3v) is 3.30. The molecule has 0 amide bonds. The Hall–Kier alpha value is -1.45. The third kappa shape index (κ3) is 2.38. The SMILES string of the molecule is CC1CCC(c2ncc(C(=O)O)cn2)CC1. The molecule has 4 heteroatoms. The number of carbonyl (C=O) groups is 1. The lowest BCUT2D eigenvalue weighted by Gasteiger charge is -2.24. The maximum absolute atomic E-state index is 10.7. The minimum atomic E-state index is -0.969. The summed E-state index contributed by atoms with van der Waals surface area (Å²) in [6.07, 6.45) is 7.48. The van der Waals surface area contributed by atoms with Crippen molar-refractivity contribution in [1.82, 2.24) is 9.97 Å². The first kappa shape index (κ1) is 11.0. The van der Waals surface area contributed by atoms with E-state index in [9.17, 15) is 4.79 Å². The molecule has 86 valence electrons. The van der Waals surface area contributed by atoms with Gasteiger partial charge in [-0.25, -0.2) is 14.8 Å². The summed E-state index contributed by atoms with van der Waals surface area (Å²) < 4.78 is 0. The van der Waals surface area contributed by atoms with Gasteiger partial charge in [0.1, 0.15) is 5.82 Å². The van der Waals surface area contributed by atoms with Crippen molar-refractivity contribution < 1.29 is 9.90 Å². The second-order valence-corrected chi connectivity index (χ2v) is 4.59. The predicted octanol–water partition coefficient (Wildman–Crippen LogP) is 2.47. The van der Waals surface area contributed by atoms with Crippen LogP contribution < -0.4 is 0 Å². The lowest BCUT2D eigenvalue weighted by Crippen LogP contribution is -2.14. The van der Waals surface area contributed by atoms with E-state index in [1.54, 1.807) is 0 Å². The van der Waals surface area contributed by atoms with Crippen molar-refractivity contribution >= 4 is 5.97 Å². The summed E-state index contributed by atoms with van der Waals surface area (Å²) in [6, 6.07) is 0. The van der Waals surface area contributed by atoms with Crippen LogP contribution in [0.1, 0.15) is 54.7 Å². The maximum atomic E-state index is 10.7. The monoisotopic (exact) mass is 220 g/mol. The van der Waals surface area contributed by atoms with Crippen LogP contribution in [-0.4, -0.2) is 21.0 Å². The van der Waals surface area contributed by atoms with Crippen molar-refractivity contribution in [1.29, 1.82) is 0 Å². The largest absolute Gasteiger partial charge is 0.478 e. The normalized spacial score (nSPS) is 25.3. The Kier molecular flexibility index (Phi) is 3.17. The van der Waals surface area contributed by atoms with Gasteiger partial charge in [-0.15, -0.1) is 0 Å². The van der Waals surface area contributed by atoms with Gasteiger partial charge in [-0.1, -0.05) is 19.8 Å². The molecule has 1 aromatic heterocycles. The summed E-state index contributed by atoms with van der Waals surface area (Å²) in [5.74, 6) is 1.05. The highest BCUT2D eigenvalue weighted by Gasteiger charge is 2.21. The molecule has 0 aliphatic heterocycles. The standard InChI is InChI=1S/C12H16N2O2/c1-8-2-4-9(5-3-8)11-13-6-10(7-14-11)12(15)16/h6-9H,2-5H2,1H3,(H,15,16). The van der Waals surface area contributed by atoms with E-state index in [4.69, 9.17) is 5.11 Å². The van der Waals surface area contributed by atoms with E-state index in [0.717, 1.165) is 24.6 Å². The molecule has 1 N–H and O–H groups in total. The zero-order valence-electron chi connectivity index (χ0n) is 9.39. The Balaban J connectivity index is 2.07. The second kappa shape index (κ2) is 4.60. The van der Waals surface area contributed by atoms with Gasteiger partial charge in [0.25, 0.3) is 0 Å². The van der Waals surface area contributed by atoms with Gasteiger partial charge in [-0.05, 0) is 18.8 Å². The van der Waals surface area contributed by atoms with E-state index in [1.807, 2.05) is 0 Å². The average molecular weight is 220 g/mol. The molecule has 1 aromatic rings. The van der Waals surface area contributed by atoms with Gasteiger partial charge in [0.2, 0.25) is 0 Å². The van der Waals surface area contributed by atoms with Crippen molar-refractivity contribution in [2.75, 3.05) is 0 Å². The van der Waals surface area contributed by atoms with Crippen LogP contribution in [0.5, 0.6) is 0 Å². The fraction of sp³-hybridized carbons (Fsp3) is 0.583. The van der Waals surface area contributed by atoms with E-state index < -0.39 is 5.97 Å². The van der Waals surface area contributed by atoms with Gasteiger partial charge in [-0.3, -0.25) is 0 Å². The van der Waals surface area contributed by atoms with E-state index in [1.165, 1.54) is 25.2 Å². The van der Waals surface area contributed by atoms with Crippen molar-refractivity contribution in [2.45, 2.75) is 38.5 Å². The van der Waals surface area contributed by atoms with Gasteiger partial charge in [-0.2, -0.15) is 0 Å². The van der Waals surface area contributed by atoms with Gasteiger partial charge >= 0.3 is 5.97 Å². The van der Waals surface area contributed by atoms with Gasteiger partial charge in [0, 0.05) is 18.3 Å². The quantitative estimate of drug-likeness (QED) is 0.831. The van der Waals surface area contributed by atoms with Crippen LogP contribution in [0.3, 0.4) is 0 Å². The lowest BCUT2D eigenvalue weighted by atomic mass is 9.82. The number of rotatable bonds is 2. The molecule has 0 radical (unpaired) electrons. The summed E-state index contributed by atoms with van der Waals surface area (Å²) >= 11 is 0. The molecule has 1 fully saturated rings. The molecule has 0 atom stereocenters. The molecule has 16 heavy (non-hydrogen) atoms. The Bertz CT molecular complexity index is 367. The molecular formula is C12H16N2O2. The van der Waals surface area contributed by atoms with Gasteiger partial charge in [0.05, 0.1) is 5.56 Å². The van der Waals surface area contributed by atoms with Crippen LogP contribution in [0.15, 0.2) is 12.4 Å². The lowest BCUT2D eigenvalue weighted by molar-refractivity contribution is 0.0696. The number of hydrogen-bond donors (Lipinski definition) is 1. The minimum absolute atomic E-state index is 0.160. The highest BCUT2D eigenvalue weighted by molar-refractivity contribution is 5.86. The Labute approximate surface area is 94.7 Å². The topological polar surface area (TPSA) is 63.1 Å². The number of carboxylic acid groups (broad SMARTS) is 1. The van der Waals surface area contributed by atoms with Crippen LogP contribution >= 0.6 is 0 Å². The molecule has 0 spiro atoms. The van der Waals surface area contributed by atoms with Crippen LogP contribution in [0.4, 0.5) is 0 Å². The zero-order valence-corrected chi connectivity index (χ0v) is 9.39. The molecule has 1 aliphatic rings. The number of hydrogen-bond acceptors (Lipinski definition) is 3. The summed E-state index contributed by atoms with van der Waals surface area (Å²) in [5.41, 5.74) is 0.160. The minimum Gasteiger partial charge on any atom is -0.478 e.